The molecule has 0 radical (unpaired) electrons. The summed E-state index contributed by atoms with van der Waals surface area (Å²) in [5.41, 5.74) is 3.74. The molecule has 2 heterocycles. The van der Waals surface area contributed by atoms with Crippen molar-refractivity contribution in [3.63, 3.8) is 0 Å². The lowest BCUT2D eigenvalue weighted by atomic mass is 10.0. The molecule has 1 aliphatic heterocycles. The van der Waals surface area contributed by atoms with Crippen molar-refractivity contribution in [2.24, 2.45) is 7.05 Å². The first kappa shape index (κ1) is 20.8. The topological polar surface area (TPSA) is 101 Å². The molecule has 1 aliphatic rings. The number of hydrogen-bond donors (Lipinski definition) is 1. The number of rotatable bonds is 5. The van der Waals surface area contributed by atoms with Crippen LogP contribution < -0.4 is 15.3 Å². The minimum absolute atomic E-state index is 0.0582. The first-order valence-electron chi connectivity index (χ1n) is 10.2. The number of benzene rings is 2. The quantitative estimate of drug-likeness (QED) is 0.676. The summed E-state index contributed by atoms with van der Waals surface area (Å²) in [5, 5.41) is 19.4. The summed E-state index contributed by atoms with van der Waals surface area (Å²) >= 11 is 0. The number of aromatic nitrogens is 2. The summed E-state index contributed by atoms with van der Waals surface area (Å²) < 4.78 is 12.8. The third-order valence-corrected chi connectivity index (χ3v) is 5.54. The van der Waals surface area contributed by atoms with Gasteiger partial charge in [-0.15, -0.1) is 0 Å². The minimum Gasteiger partial charge on any atom is -0.490 e. The Labute approximate surface area is 179 Å². The molecule has 4 rings (SSSR count). The van der Waals surface area contributed by atoms with E-state index in [-0.39, 0.29) is 13.2 Å². The van der Waals surface area contributed by atoms with Gasteiger partial charge < -0.3 is 19.5 Å². The van der Waals surface area contributed by atoms with Crippen LogP contribution >= 0.6 is 0 Å². The van der Waals surface area contributed by atoms with Crippen LogP contribution in [0.4, 0.5) is 11.5 Å². The van der Waals surface area contributed by atoms with Gasteiger partial charge in [-0.3, -0.25) is 4.57 Å². The number of hydrogen-bond acceptors (Lipinski definition) is 7. The average molecular weight is 420 g/mol. The second-order valence-electron chi connectivity index (χ2n) is 7.30. The van der Waals surface area contributed by atoms with Crippen LogP contribution in [0.25, 0.3) is 10.9 Å². The van der Waals surface area contributed by atoms with Crippen LogP contribution in [0.1, 0.15) is 23.6 Å². The van der Waals surface area contributed by atoms with Crippen molar-refractivity contribution in [2.45, 2.75) is 20.0 Å². The number of nitriles is 1. The van der Waals surface area contributed by atoms with Gasteiger partial charge in [-0.25, -0.2) is 4.79 Å². The van der Waals surface area contributed by atoms with Gasteiger partial charge in [-0.1, -0.05) is 19.1 Å². The van der Waals surface area contributed by atoms with Gasteiger partial charge in [0, 0.05) is 36.3 Å². The molecule has 160 valence electrons. The van der Waals surface area contributed by atoms with Crippen LogP contribution in [0.3, 0.4) is 0 Å². The smallest absolute Gasteiger partial charge is 0.349 e. The second-order valence-corrected chi connectivity index (χ2v) is 7.30. The number of ether oxygens (including phenoxy) is 2. The highest BCUT2D eigenvalue weighted by molar-refractivity contribution is 5.94. The van der Waals surface area contributed by atoms with E-state index in [0.717, 1.165) is 17.7 Å². The fourth-order valence-corrected chi connectivity index (χ4v) is 3.97. The van der Waals surface area contributed by atoms with Gasteiger partial charge in [-0.05, 0) is 24.1 Å². The highest BCUT2D eigenvalue weighted by Gasteiger charge is 2.24. The predicted molar refractivity (Wildman–Crippen MR) is 117 cm³/mol. The normalized spacial score (nSPS) is 13.5. The van der Waals surface area contributed by atoms with Crippen molar-refractivity contribution >= 4 is 22.4 Å². The molecule has 1 N–H and O–H groups in total. The summed E-state index contributed by atoms with van der Waals surface area (Å²) in [6.45, 7) is 3.50. The Morgan fingerprint density at radius 3 is 2.94 bits per heavy atom. The van der Waals surface area contributed by atoms with E-state index < -0.39 is 5.69 Å². The summed E-state index contributed by atoms with van der Waals surface area (Å²) in [7, 11) is 1.64. The Morgan fingerprint density at radius 2 is 2.19 bits per heavy atom. The molecule has 0 unspecified atom stereocenters. The first-order chi connectivity index (χ1) is 15.1. The van der Waals surface area contributed by atoms with Crippen LogP contribution in [0.2, 0.25) is 0 Å². The molecule has 0 aliphatic carbocycles. The molecule has 8 nitrogen and oxygen atoms in total. The Bertz CT molecular complexity index is 1230. The van der Waals surface area contributed by atoms with Crippen molar-refractivity contribution < 1.29 is 14.6 Å². The maximum atomic E-state index is 12.7. The summed E-state index contributed by atoms with van der Waals surface area (Å²) in [6.07, 6.45) is 0.870. The van der Waals surface area contributed by atoms with Gasteiger partial charge in [0.1, 0.15) is 24.2 Å². The van der Waals surface area contributed by atoms with Gasteiger partial charge in [0.25, 0.3) is 0 Å². The zero-order valence-corrected chi connectivity index (χ0v) is 17.6. The molecule has 0 saturated carbocycles. The maximum Gasteiger partial charge on any atom is 0.349 e. The Morgan fingerprint density at radius 1 is 1.35 bits per heavy atom. The van der Waals surface area contributed by atoms with E-state index in [2.05, 4.69) is 24.0 Å². The molecule has 0 spiro atoms. The summed E-state index contributed by atoms with van der Waals surface area (Å²) in [4.78, 5) is 19.1. The van der Waals surface area contributed by atoms with Crippen LogP contribution in [0, 0.1) is 11.3 Å². The lowest BCUT2D eigenvalue weighted by Crippen LogP contribution is -2.28. The molecule has 31 heavy (non-hydrogen) atoms. The van der Waals surface area contributed by atoms with E-state index in [1.54, 1.807) is 19.2 Å². The molecule has 3 aromatic rings. The molecule has 8 heteroatoms. The van der Waals surface area contributed by atoms with Crippen LogP contribution in [-0.2, 0) is 24.8 Å². The zero-order valence-electron chi connectivity index (χ0n) is 17.6. The predicted octanol–water partition coefficient (Wildman–Crippen LogP) is 2.41. The van der Waals surface area contributed by atoms with Crippen LogP contribution in [0.5, 0.6) is 5.75 Å². The van der Waals surface area contributed by atoms with Gasteiger partial charge >= 0.3 is 5.69 Å². The minimum atomic E-state index is -0.404. The Balaban J connectivity index is 1.98. The fourth-order valence-electron chi connectivity index (χ4n) is 3.97. The molecular formula is C23H24N4O4. The molecule has 0 amide bonds. The van der Waals surface area contributed by atoms with E-state index in [1.807, 2.05) is 17.0 Å². The van der Waals surface area contributed by atoms with Gasteiger partial charge in [-0.2, -0.15) is 10.2 Å². The second kappa shape index (κ2) is 8.76. The Kier molecular flexibility index (Phi) is 5.89. The highest BCUT2D eigenvalue weighted by Crippen LogP contribution is 2.36. The zero-order chi connectivity index (χ0) is 22.0. The van der Waals surface area contributed by atoms with E-state index in [4.69, 9.17) is 14.6 Å². The summed E-state index contributed by atoms with van der Waals surface area (Å²) in [6, 6.07) is 11.6. The highest BCUT2D eigenvalue weighted by atomic mass is 16.5. The van der Waals surface area contributed by atoms with Crippen molar-refractivity contribution in [3.05, 3.63) is 57.5 Å². The van der Waals surface area contributed by atoms with Crippen molar-refractivity contribution in [1.82, 2.24) is 9.55 Å². The number of aliphatic hydroxyl groups excluding tert-OH is 1. The lowest BCUT2D eigenvalue weighted by molar-refractivity contribution is 0.132. The fraction of sp³-hybridized carbons (Fsp3) is 0.348. The number of nitrogens with zero attached hydrogens (tertiary/aromatic N) is 4. The number of aryl methyl sites for hydroxylation is 2. The van der Waals surface area contributed by atoms with Crippen molar-refractivity contribution in [1.29, 1.82) is 5.26 Å². The number of aliphatic hydroxyl groups is 1. The molecule has 0 saturated heterocycles. The molecule has 0 atom stereocenters. The largest absolute Gasteiger partial charge is 0.490 e. The third kappa shape index (κ3) is 3.74. The number of anilines is 2. The van der Waals surface area contributed by atoms with Gasteiger partial charge in [0.05, 0.1) is 30.9 Å². The van der Waals surface area contributed by atoms with E-state index >= 15 is 0 Å². The SMILES string of the molecule is CCc1cccc2c1COCCN2c1nc(=O)n(C)c2cc(OCCO)c(C#N)cc12. The van der Waals surface area contributed by atoms with E-state index in [0.29, 0.717) is 47.8 Å². The first-order valence-corrected chi connectivity index (χ1v) is 10.2. The van der Waals surface area contributed by atoms with E-state index in [9.17, 15) is 10.1 Å². The molecule has 1 aromatic heterocycles. The Hall–Kier alpha value is -3.41. The molecular weight excluding hydrogens is 396 g/mol. The number of fused-ring (bicyclic) bond motifs is 2. The molecule has 0 fully saturated rings. The molecule has 2 aromatic carbocycles. The standard InChI is InChI=1S/C23H24N4O4/c1-3-15-5-4-6-19-18(15)14-30-9-7-27(19)22-17-11-16(13-24)21(31-10-8-28)12-20(17)26(2)23(29)25-22/h4-6,11-12,28H,3,7-10,14H2,1-2H3. The summed E-state index contributed by atoms with van der Waals surface area (Å²) in [5.74, 6) is 0.812. The maximum absolute atomic E-state index is 12.7. The van der Waals surface area contributed by atoms with Crippen LogP contribution in [0.15, 0.2) is 35.1 Å². The van der Waals surface area contributed by atoms with Gasteiger partial charge in [0.15, 0.2) is 0 Å². The lowest BCUT2D eigenvalue weighted by Gasteiger charge is -2.26. The average Bonchev–Trinajstić information content (AvgIpc) is 3.02. The molecule has 0 bridgehead atoms. The van der Waals surface area contributed by atoms with Crippen molar-refractivity contribution in [2.75, 3.05) is 31.3 Å². The third-order valence-electron chi connectivity index (χ3n) is 5.54. The van der Waals surface area contributed by atoms with Crippen molar-refractivity contribution in [3.8, 4) is 11.8 Å². The van der Waals surface area contributed by atoms with E-state index in [1.165, 1.54) is 10.1 Å². The van der Waals surface area contributed by atoms with Crippen LogP contribution in [-0.4, -0.2) is 41.0 Å². The monoisotopic (exact) mass is 420 g/mol. The van der Waals surface area contributed by atoms with Gasteiger partial charge in [0.2, 0.25) is 0 Å².